The van der Waals surface area contributed by atoms with Crippen LogP contribution in [0.5, 0.6) is 5.75 Å². The number of hydrogen-bond acceptors (Lipinski definition) is 3. The summed E-state index contributed by atoms with van der Waals surface area (Å²) in [4.78, 5) is 25.4. The normalized spacial score (nSPS) is 19.4. The Bertz CT molecular complexity index is 487. The Morgan fingerprint density at radius 2 is 2.21 bits per heavy atom. The van der Waals surface area contributed by atoms with Crippen LogP contribution in [-0.2, 0) is 16.1 Å². The van der Waals surface area contributed by atoms with E-state index in [1.165, 1.54) is 0 Å². The van der Waals surface area contributed by atoms with E-state index in [0.717, 1.165) is 12.0 Å². The SMILES string of the molecule is CCCC1C(=O)NCC(=O)N1Cc1cccc(O)c1. The summed E-state index contributed by atoms with van der Waals surface area (Å²) < 4.78 is 0. The fourth-order valence-electron chi connectivity index (χ4n) is 2.31. The molecule has 2 N–H and O–H groups in total. The molecule has 1 aromatic rings. The highest BCUT2D eigenvalue weighted by Gasteiger charge is 2.33. The largest absolute Gasteiger partial charge is 0.508 e. The number of carbonyl (C=O) groups is 2. The smallest absolute Gasteiger partial charge is 0.243 e. The van der Waals surface area contributed by atoms with E-state index in [-0.39, 0.29) is 24.1 Å². The lowest BCUT2D eigenvalue weighted by Gasteiger charge is -2.35. The third kappa shape index (κ3) is 3.05. The van der Waals surface area contributed by atoms with Gasteiger partial charge in [0.15, 0.2) is 0 Å². The molecule has 0 spiro atoms. The van der Waals surface area contributed by atoms with Crippen LogP contribution >= 0.6 is 0 Å². The van der Waals surface area contributed by atoms with Crippen molar-refractivity contribution in [1.82, 2.24) is 10.2 Å². The zero-order valence-corrected chi connectivity index (χ0v) is 10.9. The number of benzene rings is 1. The average molecular weight is 262 g/mol. The van der Waals surface area contributed by atoms with E-state index in [0.29, 0.717) is 13.0 Å². The second-order valence-corrected chi connectivity index (χ2v) is 4.71. The van der Waals surface area contributed by atoms with Crippen molar-refractivity contribution in [1.29, 1.82) is 0 Å². The van der Waals surface area contributed by atoms with Gasteiger partial charge < -0.3 is 15.3 Å². The highest BCUT2D eigenvalue weighted by molar-refractivity contribution is 5.94. The monoisotopic (exact) mass is 262 g/mol. The molecular weight excluding hydrogens is 244 g/mol. The van der Waals surface area contributed by atoms with Crippen LogP contribution in [0.15, 0.2) is 24.3 Å². The van der Waals surface area contributed by atoms with Crippen LogP contribution in [0.1, 0.15) is 25.3 Å². The lowest BCUT2D eigenvalue weighted by Crippen LogP contribution is -2.57. The molecular formula is C14H18N2O3. The number of aromatic hydroxyl groups is 1. The molecule has 1 aliphatic rings. The number of amides is 2. The molecule has 0 bridgehead atoms. The van der Waals surface area contributed by atoms with Crippen molar-refractivity contribution in [2.24, 2.45) is 0 Å². The summed E-state index contributed by atoms with van der Waals surface area (Å²) in [6.45, 7) is 2.39. The molecule has 102 valence electrons. The zero-order valence-electron chi connectivity index (χ0n) is 10.9. The van der Waals surface area contributed by atoms with Gasteiger partial charge in [-0.05, 0) is 24.1 Å². The Balaban J connectivity index is 2.18. The molecule has 1 heterocycles. The highest BCUT2D eigenvalue weighted by Crippen LogP contribution is 2.18. The van der Waals surface area contributed by atoms with Crippen LogP contribution in [0.4, 0.5) is 0 Å². The first-order valence-corrected chi connectivity index (χ1v) is 6.47. The van der Waals surface area contributed by atoms with Crippen LogP contribution in [0.2, 0.25) is 0 Å². The predicted octanol–water partition coefficient (Wildman–Crippen LogP) is 1.02. The summed E-state index contributed by atoms with van der Waals surface area (Å²) in [5.41, 5.74) is 0.823. The zero-order chi connectivity index (χ0) is 13.8. The summed E-state index contributed by atoms with van der Waals surface area (Å²) >= 11 is 0. The lowest BCUT2D eigenvalue weighted by molar-refractivity contribution is -0.146. The molecule has 2 amide bonds. The van der Waals surface area contributed by atoms with E-state index in [1.807, 2.05) is 13.0 Å². The molecule has 19 heavy (non-hydrogen) atoms. The van der Waals surface area contributed by atoms with Crippen molar-refractivity contribution in [2.45, 2.75) is 32.4 Å². The highest BCUT2D eigenvalue weighted by atomic mass is 16.3. The molecule has 0 aromatic heterocycles. The number of piperazine rings is 1. The maximum absolute atomic E-state index is 12.0. The van der Waals surface area contributed by atoms with E-state index in [2.05, 4.69) is 5.32 Å². The van der Waals surface area contributed by atoms with Gasteiger partial charge in [0.1, 0.15) is 11.8 Å². The minimum absolute atomic E-state index is 0.0534. The summed E-state index contributed by atoms with van der Waals surface area (Å²) in [6, 6.07) is 6.35. The fourth-order valence-corrected chi connectivity index (χ4v) is 2.31. The van der Waals surface area contributed by atoms with Gasteiger partial charge in [0.05, 0.1) is 6.54 Å². The lowest BCUT2D eigenvalue weighted by atomic mass is 10.1. The van der Waals surface area contributed by atoms with Gasteiger partial charge in [-0.2, -0.15) is 0 Å². The average Bonchev–Trinajstić information content (AvgIpc) is 2.38. The van der Waals surface area contributed by atoms with Crippen LogP contribution in [0.3, 0.4) is 0 Å². The molecule has 5 heteroatoms. The molecule has 1 aromatic carbocycles. The van der Waals surface area contributed by atoms with E-state index < -0.39 is 6.04 Å². The van der Waals surface area contributed by atoms with E-state index >= 15 is 0 Å². The first-order valence-electron chi connectivity index (χ1n) is 6.47. The van der Waals surface area contributed by atoms with Gasteiger partial charge in [0.25, 0.3) is 0 Å². The van der Waals surface area contributed by atoms with Crippen molar-refractivity contribution in [3.63, 3.8) is 0 Å². The molecule has 1 unspecified atom stereocenters. The van der Waals surface area contributed by atoms with Crippen LogP contribution in [-0.4, -0.2) is 34.4 Å². The molecule has 2 rings (SSSR count). The topological polar surface area (TPSA) is 69.6 Å². The van der Waals surface area contributed by atoms with Gasteiger partial charge in [0, 0.05) is 6.54 Å². The van der Waals surface area contributed by atoms with E-state index in [9.17, 15) is 14.7 Å². The maximum Gasteiger partial charge on any atom is 0.243 e. The van der Waals surface area contributed by atoms with Crippen LogP contribution < -0.4 is 5.32 Å². The Kier molecular flexibility index (Phi) is 4.04. The maximum atomic E-state index is 12.0. The van der Waals surface area contributed by atoms with Crippen molar-refractivity contribution in [3.05, 3.63) is 29.8 Å². The minimum atomic E-state index is -0.409. The van der Waals surface area contributed by atoms with Gasteiger partial charge in [0.2, 0.25) is 11.8 Å². The fraction of sp³-hybridized carbons (Fsp3) is 0.429. The van der Waals surface area contributed by atoms with Gasteiger partial charge >= 0.3 is 0 Å². The Morgan fingerprint density at radius 3 is 2.89 bits per heavy atom. The number of rotatable bonds is 4. The standard InChI is InChI=1S/C14H18N2O3/c1-2-4-12-14(19)15-8-13(18)16(12)9-10-5-3-6-11(17)7-10/h3,5-7,12,17H,2,4,8-9H2,1H3,(H,15,19). The Hall–Kier alpha value is -2.04. The third-order valence-electron chi connectivity index (χ3n) is 3.24. The van der Waals surface area contributed by atoms with Crippen LogP contribution in [0, 0.1) is 0 Å². The molecule has 5 nitrogen and oxygen atoms in total. The predicted molar refractivity (Wildman–Crippen MR) is 70.4 cm³/mol. The number of carbonyl (C=O) groups excluding carboxylic acids is 2. The minimum Gasteiger partial charge on any atom is -0.508 e. The molecule has 0 radical (unpaired) electrons. The van der Waals surface area contributed by atoms with E-state index in [1.54, 1.807) is 23.1 Å². The molecule has 1 saturated heterocycles. The van der Waals surface area contributed by atoms with Crippen LogP contribution in [0.25, 0.3) is 0 Å². The number of phenolic OH excluding ortho intramolecular Hbond substituents is 1. The molecule has 1 aliphatic heterocycles. The quantitative estimate of drug-likeness (QED) is 0.851. The molecule has 0 saturated carbocycles. The van der Waals surface area contributed by atoms with Gasteiger partial charge in [-0.3, -0.25) is 9.59 Å². The first-order chi connectivity index (χ1) is 9.11. The molecule has 1 atom stereocenters. The molecule has 1 fully saturated rings. The van der Waals surface area contributed by atoms with Gasteiger partial charge in [-0.1, -0.05) is 25.5 Å². The number of nitrogens with one attached hydrogen (secondary N) is 1. The number of nitrogens with zero attached hydrogens (tertiary/aromatic N) is 1. The van der Waals surface area contributed by atoms with Crippen molar-refractivity contribution < 1.29 is 14.7 Å². The Labute approximate surface area is 112 Å². The van der Waals surface area contributed by atoms with Crippen molar-refractivity contribution >= 4 is 11.8 Å². The summed E-state index contributed by atoms with van der Waals surface area (Å²) in [6.07, 6.45) is 1.48. The van der Waals surface area contributed by atoms with E-state index in [4.69, 9.17) is 0 Å². The number of phenols is 1. The van der Waals surface area contributed by atoms with Crippen molar-refractivity contribution in [2.75, 3.05) is 6.54 Å². The third-order valence-corrected chi connectivity index (χ3v) is 3.24. The first kappa shape index (κ1) is 13.4. The second-order valence-electron chi connectivity index (χ2n) is 4.71. The molecule has 0 aliphatic carbocycles. The second kappa shape index (κ2) is 5.73. The van der Waals surface area contributed by atoms with Gasteiger partial charge in [-0.15, -0.1) is 0 Å². The van der Waals surface area contributed by atoms with Gasteiger partial charge in [-0.25, -0.2) is 0 Å². The summed E-state index contributed by atoms with van der Waals surface area (Å²) in [5, 5.41) is 12.1. The summed E-state index contributed by atoms with van der Waals surface area (Å²) in [7, 11) is 0. The Morgan fingerprint density at radius 1 is 1.42 bits per heavy atom. The summed E-state index contributed by atoms with van der Waals surface area (Å²) in [5.74, 6) is -0.0125. The van der Waals surface area contributed by atoms with Crippen molar-refractivity contribution in [3.8, 4) is 5.75 Å². The number of hydrogen-bond donors (Lipinski definition) is 2.